The van der Waals surface area contributed by atoms with E-state index in [-0.39, 0.29) is 9.71 Å². The molecule has 14 heavy (non-hydrogen) atoms. The summed E-state index contributed by atoms with van der Waals surface area (Å²) >= 11 is 5.38. The molecule has 1 heterocycles. The summed E-state index contributed by atoms with van der Waals surface area (Å²) in [6.07, 6.45) is 0. The van der Waals surface area contributed by atoms with Crippen molar-refractivity contribution in [3.63, 3.8) is 0 Å². The first-order chi connectivity index (χ1) is 6.07. The summed E-state index contributed by atoms with van der Waals surface area (Å²) in [5, 5.41) is 3.56. The normalized spacial score (nSPS) is 16.3. The van der Waals surface area contributed by atoms with E-state index in [9.17, 15) is 0 Å². The zero-order valence-electron chi connectivity index (χ0n) is 9.65. The third kappa shape index (κ3) is 2.55. The SMILES string of the molecule is CC(C)(C)c1c(C(C)(C)C)p(I)p1I. The van der Waals surface area contributed by atoms with Crippen LogP contribution < -0.4 is 0 Å². The standard InChI is InChI=1S/C10H18I2P2/c1-9(2,3)7-8(10(4,5)6)14(12)13(7)11/h1-6H3. The summed E-state index contributed by atoms with van der Waals surface area (Å²) in [7, 11) is 0. The Balaban J connectivity index is 3.28. The first-order valence-corrected chi connectivity index (χ1v) is 13.7. The Hall–Kier alpha value is 1.80. The van der Waals surface area contributed by atoms with Crippen LogP contribution in [0.2, 0.25) is 0 Å². The molecule has 0 aromatic carbocycles. The Morgan fingerprint density at radius 2 is 0.929 bits per heavy atom. The Morgan fingerprint density at radius 3 is 1.07 bits per heavy atom. The van der Waals surface area contributed by atoms with Gasteiger partial charge in [0.05, 0.1) is 0 Å². The summed E-state index contributed by atoms with van der Waals surface area (Å²) < 4.78 is 0. The van der Waals surface area contributed by atoms with Gasteiger partial charge < -0.3 is 0 Å². The van der Waals surface area contributed by atoms with Gasteiger partial charge in [-0.1, -0.05) is 41.5 Å². The molecule has 0 N–H and O–H groups in total. The minimum absolute atomic E-state index is 0.167. The molecular weight excluding hydrogens is 436 g/mol. The maximum Gasteiger partial charge on any atom is -0.000456 e. The molecule has 0 aliphatic carbocycles. The average molecular weight is 454 g/mol. The first kappa shape index (κ1) is 13.9. The van der Waals surface area contributed by atoms with Crippen molar-refractivity contribution < 1.29 is 0 Å². The topological polar surface area (TPSA) is 0 Å². The molecule has 4 heteroatoms. The second-order valence-electron chi connectivity index (χ2n) is 5.72. The van der Waals surface area contributed by atoms with Gasteiger partial charge in [-0.15, -0.1) is 0 Å². The van der Waals surface area contributed by atoms with E-state index in [4.69, 9.17) is 0 Å². The molecule has 0 radical (unpaired) electrons. The fraction of sp³-hybridized carbons (Fsp3) is 0.800. The predicted molar refractivity (Wildman–Crippen MR) is 88.1 cm³/mol. The molecule has 0 bridgehead atoms. The van der Waals surface area contributed by atoms with E-state index in [1.54, 1.807) is 10.6 Å². The molecule has 1 aromatic rings. The van der Waals surface area contributed by atoms with E-state index in [1.807, 2.05) is 0 Å². The fourth-order valence-corrected chi connectivity index (χ4v) is 18.2. The van der Waals surface area contributed by atoms with Gasteiger partial charge in [0.25, 0.3) is 0 Å². The minimum Gasteiger partial charge on any atom is -0.0557 e. The third-order valence-corrected chi connectivity index (χ3v) is 25.4. The van der Waals surface area contributed by atoms with Gasteiger partial charge in [0.1, 0.15) is 0 Å². The van der Waals surface area contributed by atoms with Crippen LogP contribution in [-0.2, 0) is 10.8 Å². The molecule has 82 valence electrons. The molecule has 2 atom stereocenters. The lowest BCUT2D eigenvalue weighted by Gasteiger charge is -2.36. The van der Waals surface area contributed by atoms with Gasteiger partial charge in [-0.25, -0.2) is 0 Å². The van der Waals surface area contributed by atoms with E-state index in [0.29, 0.717) is 10.8 Å². The van der Waals surface area contributed by atoms with Gasteiger partial charge in [0.2, 0.25) is 0 Å². The molecule has 0 saturated heterocycles. The summed E-state index contributed by atoms with van der Waals surface area (Å²) in [5.74, 6) is 0. The number of hydrogen-bond donors (Lipinski definition) is 0. The third-order valence-electron chi connectivity index (χ3n) is 2.17. The van der Waals surface area contributed by atoms with Gasteiger partial charge in [-0.2, -0.15) is 0 Å². The summed E-state index contributed by atoms with van der Waals surface area (Å²) in [6.45, 7) is 14.2. The van der Waals surface area contributed by atoms with Gasteiger partial charge in [-0.3, -0.25) is 0 Å². The molecule has 0 fully saturated rings. The smallest absolute Gasteiger partial charge is 0.000456 e. The number of halogens is 2. The van der Waals surface area contributed by atoms with Crippen LogP contribution in [0.25, 0.3) is 0 Å². The quantitative estimate of drug-likeness (QED) is 0.386. The van der Waals surface area contributed by atoms with E-state index in [1.165, 1.54) is 0 Å². The Morgan fingerprint density at radius 1 is 0.714 bits per heavy atom. The summed E-state index contributed by atoms with van der Waals surface area (Å²) in [6, 6.07) is 0. The lowest BCUT2D eigenvalue weighted by atomic mass is 9.86. The largest absolute Gasteiger partial charge is 0.0557 e. The van der Waals surface area contributed by atoms with Crippen molar-refractivity contribution in [3.8, 4) is 0 Å². The van der Waals surface area contributed by atoms with Crippen LogP contribution in [0, 0.1) is 0 Å². The highest BCUT2D eigenvalue weighted by Crippen LogP contribution is 2.76. The highest BCUT2D eigenvalue weighted by atomic mass is 127. The molecule has 0 nitrogen and oxygen atoms in total. The molecule has 1 aromatic heterocycles. The zero-order chi connectivity index (χ0) is 11.3. The molecular formula is C10H18I2P2. The van der Waals surface area contributed by atoms with Crippen LogP contribution in [0.15, 0.2) is 0 Å². The van der Waals surface area contributed by atoms with Crippen molar-refractivity contribution in [2.24, 2.45) is 0 Å². The zero-order valence-corrected chi connectivity index (χ0v) is 15.8. The van der Waals surface area contributed by atoms with Crippen molar-refractivity contribution >= 4 is 53.8 Å². The molecule has 0 aliphatic heterocycles. The maximum absolute atomic E-state index is 2.69. The van der Waals surface area contributed by atoms with E-state index in [0.717, 1.165) is 0 Å². The van der Waals surface area contributed by atoms with Crippen molar-refractivity contribution in [2.45, 2.75) is 52.4 Å². The van der Waals surface area contributed by atoms with Gasteiger partial charge in [0, 0.05) is 0 Å². The Bertz CT molecular complexity index is 300. The van der Waals surface area contributed by atoms with Crippen molar-refractivity contribution in [2.75, 3.05) is 0 Å². The fourth-order valence-electron chi connectivity index (χ4n) is 1.57. The molecule has 0 amide bonds. The van der Waals surface area contributed by atoms with Crippen LogP contribution in [0.1, 0.15) is 52.1 Å². The molecule has 1 rings (SSSR count). The van der Waals surface area contributed by atoms with Crippen molar-refractivity contribution in [1.29, 1.82) is 0 Å². The van der Waals surface area contributed by atoms with Crippen LogP contribution >= 0.6 is 53.8 Å². The first-order valence-electron chi connectivity index (χ1n) is 4.74. The number of hydrogen-bond acceptors (Lipinski definition) is 0. The predicted octanol–water partition coefficient (Wildman–Crippen LogP) is 6.65. The van der Waals surface area contributed by atoms with E-state index >= 15 is 0 Å². The van der Waals surface area contributed by atoms with Crippen molar-refractivity contribution in [3.05, 3.63) is 10.6 Å². The van der Waals surface area contributed by atoms with Crippen LogP contribution in [-0.4, -0.2) is 0 Å². The van der Waals surface area contributed by atoms with Crippen molar-refractivity contribution in [1.82, 2.24) is 0 Å². The highest BCUT2D eigenvalue weighted by molar-refractivity contribution is 14.2. The van der Waals surface area contributed by atoms with Crippen LogP contribution in [0.3, 0.4) is 0 Å². The Labute approximate surface area is 116 Å². The molecule has 0 aliphatic rings. The lowest BCUT2D eigenvalue weighted by Crippen LogP contribution is -2.21. The molecule has 0 spiro atoms. The minimum atomic E-state index is 0.167. The number of rotatable bonds is 0. The van der Waals surface area contributed by atoms with E-state index < -0.39 is 0 Å². The second kappa shape index (κ2) is 4.23. The summed E-state index contributed by atoms with van der Waals surface area (Å²) in [5.41, 5.74) is 0.777. The maximum atomic E-state index is 2.69. The summed E-state index contributed by atoms with van der Waals surface area (Å²) in [4.78, 5) is 0.334. The molecule has 0 saturated carbocycles. The average Bonchev–Trinajstić information content (AvgIpc) is 1.93. The van der Waals surface area contributed by atoms with Gasteiger partial charge in [0.15, 0.2) is 0 Å². The van der Waals surface area contributed by atoms with Crippen LogP contribution in [0.5, 0.6) is 0 Å². The van der Waals surface area contributed by atoms with E-state index in [2.05, 4.69) is 85.6 Å². The monoisotopic (exact) mass is 454 g/mol. The second-order valence-corrected chi connectivity index (χ2v) is 20.4. The molecule has 2 unspecified atom stereocenters. The van der Waals surface area contributed by atoms with Gasteiger partial charge in [-0.05, 0) is 75.2 Å². The highest BCUT2D eigenvalue weighted by Gasteiger charge is 2.34. The van der Waals surface area contributed by atoms with Gasteiger partial charge >= 0.3 is 0 Å². The Kier molecular flexibility index (Phi) is 4.19. The lowest BCUT2D eigenvalue weighted by molar-refractivity contribution is 0.549. The van der Waals surface area contributed by atoms with Crippen LogP contribution in [0.4, 0.5) is 0 Å².